The first-order valence-electron chi connectivity index (χ1n) is 10.0. The fourth-order valence-electron chi connectivity index (χ4n) is 4.40. The summed E-state index contributed by atoms with van der Waals surface area (Å²) in [4.78, 5) is 29.1. The Labute approximate surface area is 170 Å². The van der Waals surface area contributed by atoms with Gasteiger partial charge in [0.25, 0.3) is 5.91 Å². The zero-order valence-corrected chi connectivity index (χ0v) is 16.6. The maximum absolute atomic E-state index is 13.4. The van der Waals surface area contributed by atoms with E-state index in [1.807, 2.05) is 43.3 Å². The normalized spacial score (nSPS) is 21.4. The van der Waals surface area contributed by atoms with Crippen LogP contribution in [-0.2, 0) is 16.1 Å². The molecule has 152 valence electrons. The predicted molar refractivity (Wildman–Crippen MR) is 108 cm³/mol. The van der Waals surface area contributed by atoms with Gasteiger partial charge in [-0.2, -0.15) is 0 Å². The molecule has 0 saturated carbocycles. The second-order valence-electron chi connectivity index (χ2n) is 7.86. The zero-order chi connectivity index (χ0) is 20.4. The Morgan fingerprint density at radius 1 is 1.07 bits per heavy atom. The van der Waals surface area contributed by atoms with Crippen molar-refractivity contribution >= 4 is 11.9 Å². The molecule has 6 nitrogen and oxygen atoms in total. The number of benzene rings is 2. The van der Waals surface area contributed by atoms with Crippen LogP contribution in [-0.4, -0.2) is 58.2 Å². The van der Waals surface area contributed by atoms with Crippen LogP contribution in [0.25, 0.3) is 0 Å². The number of carbonyl (C=O) groups excluding carboxylic acids is 1. The number of hydrogen-bond acceptors (Lipinski definition) is 4. The van der Waals surface area contributed by atoms with Crippen molar-refractivity contribution in [2.24, 2.45) is 0 Å². The van der Waals surface area contributed by atoms with Gasteiger partial charge in [-0.25, -0.2) is 4.79 Å². The van der Waals surface area contributed by atoms with E-state index in [4.69, 9.17) is 4.74 Å². The molecule has 1 atom stereocenters. The first-order valence-corrected chi connectivity index (χ1v) is 10.0. The minimum Gasteiger partial charge on any atom is -0.480 e. The summed E-state index contributed by atoms with van der Waals surface area (Å²) in [5.74, 6) is -1.28. The second-order valence-corrected chi connectivity index (χ2v) is 7.86. The molecular weight excluding hydrogens is 368 g/mol. The van der Waals surface area contributed by atoms with E-state index in [9.17, 15) is 14.7 Å². The van der Waals surface area contributed by atoms with E-state index >= 15 is 0 Å². The lowest BCUT2D eigenvalue weighted by Crippen LogP contribution is -2.58. The van der Waals surface area contributed by atoms with Crippen LogP contribution in [0.2, 0.25) is 0 Å². The van der Waals surface area contributed by atoms with Gasteiger partial charge in [-0.15, -0.1) is 0 Å². The highest BCUT2D eigenvalue weighted by Crippen LogP contribution is 2.39. The molecule has 0 bridgehead atoms. The Bertz CT molecular complexity index is 891. The molecule has 29 heavy (non-hydrogen) atoms. The molecule has 2 aromatic carbocycles. The third-order valence-corrected chi connectivity index (χ3v) is 6.03. The van der Waals surface area contributed by atoms with E-state index in [1.54, 1.807) is 6.07 Å². The highest BCUT2D eigenvalue weighted by Gasteiger charge is 2.54. The highest BCUT2D eigenvalue weighted by molar-refractivity contribution is 5.98. The summed E-state index contributed by atoms with van der Waals surface area (Å²) in [6.45, 7) is 4.24. The number of nitrogens with zero attached hydrogens (tertiary/aromatic N) is 2. The summed E-state index contributed by atoms with van der Waals surface area (Å²) in [7, 11) is 0. The number of carboxylic acids is 1. The molecular formula is C23H26N2O4. The van der Waals surface area contributed by atoms with Crippen LogP contribution < -0.4 is 0 Å². The Balaban J connectivity index is 1.55. The number of piperidine rings is 1. The Hall–Kier alpha value is -2.70. The molecule has 6 heteroatoms. The number of aryl methyl sites for hydroxylation is 1. The van der Waals surface area contributed by atoms with Gasteiger partial charge in [0.1, 0.15) is 5.72 Å². The second kappa shape index (κ2) is 7.97. The van der Waals surface area contributed by atoms with Gasteiger partial charge in [0.2, 0.25) is 0 Å². The summed E-state index contributed by atoms with van der Waals surface area (Å²) in [6.07, 6.45) is 1.20. The van der Waals surface area contributed by atoms with Gasteiger partial charge in [0.15, 0.2) is 6.04 Å². The van der Waals surface area contributed by atoms with Gasteiger partial charge >= 0.3 is 5.97 Å². The van der Waals surface area contributed by atoms with Gasteiger partial charge in [-0.05, 0) is 24.1 Å². The van der Waals surface area contributed by atoms with Gasteiger partial charge in [-0.1, -0.05) is 48.5 Å². The van der Waals surface area contributed by atoms with Crippen molar-refractivity contribution in [2.75, 3.05) is 19.7 Å². The monoisotopic (exact) mass is 394 g/mol. The molecule has 2 aliphatic rings. The van der Waals surface area contributed by atoms with E-state index in [-0.39, 0.29) is 12.5 Å². The van der Waals surface area contributed by atoms with Gasteiger partial charge in [0, 0.05) is 38.0 Å². The number of likely N-dealkylation sites (tertiary alicyclic amines) is 1. The Morgan fingerprint density at radius 3 is 2.38 bits per heavy atom. The molecule has 4 rings (SSSR count). The average Bonchev–Trinajstić information content (AvgIpc) is 3.10. The fraction of sp³-hybridized carbons (Fsp3) is 0.391. The van der Waals surface area contributed by atoms with Crippen molar-refractivity contribution in [2.45, 2.75) is 38.1 Å². The summed E-state index contributed by atoms with van der Waals surface area (Å²) < 4.78 is 6.05. The van der Waals surface area contributed by atoms with Crippen LogP contribution in [0.4, 0.5) is 0 Å². The molecule has 1 unspecified atom stereocenters. The Kier molecular flexibility index (Phi) is 5.39. The van der Waals surface area contributed by atoms with Crippen molar-refractivity contribution in [3.05, 3.63) is 71.3 Å². The van der Waals surface area contributed by atoms with Crippen LogP contribution in [0, 0.1) is 6.92 Å². The third-order valence-electron chi connectivity index (χ3n) is 6.03. The first kappa shape index (κ1) is 19.6. The van der Waals surface area contributed by atoms with Crippen LogP contribution in [0.3, 0.4) is 0 Å². The maximum Gasteiger partial charge on any atom is 0.328 e. The predicted octanol–water partition coefficient (Wildman–Crippen LogP) is 2.91. The average molecular weight is 394 g/mol. The van der Waals surface area contributed by atoms with E-state index < -0.39 is 17.7 Å². The van der Waals surface area contributed by atoms with Crippen LogP contribution in [0.1, 0.15) is 34.3 Å². The Morgan fingerprint density at radius 2 is 1.72 bits per heavy atom. The summed E-state index contributed by atoms with van der Waals surface area (Å²) in [6, 6.07) is 16.6. The number of rotatable bonds is 4. The number of carbonyl (C=O) groups is 2. The third kappa shape index (κ3) is 3.78. The lowest BCUT2D eigenvalue weighted by molar-refractivity contribution is -0.144. The number of aliphatic carboxylic acids is 1. The largest absolute Gasteiger partial charge is 0.480 e. The molecule has 2 aromatic rings. The maximum atomic E-state index is 13.4. The van der Waals surface area contributed by atoms with Crippen molar-refractivity contribution in [1.29, 1.82) is 0 Å². The van der Waals surface area contributed by atoms with Crippen LogP contribution in [0.5, 0.6) is 0 Å². The van der Waals surface area contributed by atoms with Gasteiger partial charge in [0.05, 0.1) is 6.61 Å². The number of amides is 1. The molecule has 2 heterocycles. The topological polar surface area (TPSA) is 70.1 Å². The molecule has 1 amide bonds. The van der Waals surface area contributed by atoms with Crippen molar-refractivity contribution in [1.82, 2.24) is 9.80 Å². The number of ether oxygens (including phenoxy) is 1. The van der Waals surface area contributed by atoms with E-state index in [0.717, 1.165) is 25.2 Å². The van der Waals surface area contributed by atoms with E-state index in [1.165, 1.54) is 10.5 Å². The molecule has 2 saturated heterocycles. The van der Waals surface area contributed by atoms with Crippen molar-refractivity contribution < 1.29 is 19.4 Å². The summed E-state index contributed by atoms with van der Waals surface area (Å²) in [5.41, 5.74) is 1.77. The molecule has 2 fully saturated rings. The van der Waals surface area contributed by atoms with Gasteiger partial charge in [-0.3, -0.25) is 14.6 Å². The lowest BCUT2D eigenvalue weighted by Gasteiger charge is -2.44. The zero-order valence-electron chi connectivity index (χ0n) is 16.6. The van der Waals surface area contributed by atoms with E-state index in [0.29, 0.717) is 18.4 Å². The molecule has 0 aromatic heterocycles. The van der Waals surface area contributed by atoms with E-state index in [2.05, 4.69) is 17.0 Å². The molecule has 1 spiro atoms. The molecule has 0 radical (unpaired) electrons. The highest BCUT2D eigenvalue weighted by atomic mass is 16.5. The molecule has 0 aliphatic carbocycles. The van der Waals surface area contributed by atoms with Gasteiger partial charge < -0.3 is 9.84 Å². The smallest absolute Gasteiger partial charge is 0.328 e. The quantitative estimate of drug-likeness (QED) is 0.864. The fourth-order valence-corrected chi connectivity index (χ4v) is 4.40. The van der Waals surface area contributed by atoms with Crippen molar-refractivity contribution in [3.8, 4) is 0 Å². The molecule has 1 N–H and O–H groups in total. The molecule has 2 aliphatic heterocycles. The SMILES string of the molecule is Cc1ccccc1C(=O)N1C(C(=O)O)COC12CCN(Cc1ccccc1)CC2. The lowest BCUT2D eigenvalue weighted by atomic mass is 9.95. The summed E-state index contributed by atoms with van der Waals surface area (Å²) >= 11 is 0. The van der Waals surface area contributed by atoms with Crippen molar-refractivity contribution in [3.63, 3.8) is 0 Å². The van der Waals surface area contributed by atoms with Crippen LogP contribution in [0.15, 0.2) is 54.6 Å². The van der Waals surface area contributed by atoms with Crippen LogP contribution >= 0.6 is 0 Å². The summed E-state index contributed by atoms with van der Waals surface area (Å²) in [5, 5.41) is 9.73. The minimum absolute atomic E-state index is 0.0334. The minimum atomic E-state index is -1.02. The standard InChI is InChI=1S/C23H26N2O4/c1-17-7-5-6-10-19(17)21(26)25-20(22(27)28)16-29-23(25)11-13-24(14-12-23)15-18-8-3-2-4-9-18/h2-10,20H,11-16H2,1H3,(H,27,28). The first-order chi connectivity index (χ1) is 14.0. The number of carboxylic acid groups (broad SMARTS) is 1. The number of hydrogen-bond donors (Lipinski definition) is 1.